The second kappa shape index (κ2) is 5.27. The zero-order chi connectivity index (χ0) is 13.9. The van der Waals surface area contributed by atoms with Crippen LogP contribution in [-0.2, 0) is 0 Å². The number of nitrogens with zero attached hydrogens (tertiary/aromatic N) is 2. The van der Waals surface area contributed by atoms with E-state index in [1.54, 1.807) is 0 Å². The van der Waals surface area contributed by atoms with Crippen molar-refractivity contribution < 1.29 is 4.52 Å². The fourth-order valence-corrected chi connectivity index (χ4v) is 2.10. The smallest absolute Gasteiger partial charge is 0.248 e. The van der Waals surface area contributed by atoms with Crippen molar-refractivity contribution in [2.45, 2.75) is 13.0 Å². The lowest BCUT2D eigenvalue weighted by Gasteiger charge is -2.05. The Bertz CT molecular complexity index is 707. The number of hydrogen-bond donors (Lipinski definition) is 1. The van der Waals surface area contributed by atoms with E-state index in [2.05, 4.69) is 10.1 Å². The van der Waals surface area contributed by atoms with Crippen molar-refractivity contribution in [1.82, 2.24) is 10.1 Å². The molecular weight excluding hydrogens is 250 g/mol. The summed E-state index contributed by atoms with van der Waals surface area (Å²) >= 11 is 0. The number of aryl methyl sites for hydroxylation is 1. The lowest BCUT2D eigenvalue weighted by atomic mass is 10.1. The SMILES string of the molecule is Cc1ccccc1-c1noc([C@H](N)c2ccccc2)n1. The van der Waals surface area contributed by atoms with Gasteiger partial charge in [-0.1, -0.05) is 59.8 Å². The Morgan fingerprint density at radius 1 is 1.00 bits per heavy atom. The molecule has 2 aromatic carbocycles. The summed E-state index contributed by atoms with van der Waals surface area (Å²) in [6.45, 7) is 2.02. The van der Waals surface area contributed by atoms with E-state index in [1.807, 2.05) is 61.5 Å². The van der Waals surface area contributed by atoms with Crippen molar-refractivity contribution in [1.29, 1.82) is 0 Å². The topological polar surface area (TPSA) is 64.9 Å². The van der Waals surface area contributed by atoms with Crippen LogP contribution >= 0.6 is 0 Å². The van der Waals surface area contributed by atoms with E-state index in [0.29, 0.717) is 11.7 Å². The molecule has 1 aromatic heterocycles. The molecular formula is C16H15N3O. The number of hydrogen-bond acceptors (Lipinski definition) is 4. The third-order valence-electron chi connectivity index (χ3n) is 3.25. The lowest BCUT2D eigenvalue weighted by Crippen LogP contribution is -2.11. The van der Waals surface area contributed by atoms with E-state index in [9.17, 15) is 0 Å². The third kappa shape index (κ3) is 2.33. The van der Waals surface area contributed by atoms with Crippen LogP contribution < -0.4 is 5.73 Å². The van der Waals surface area contributed by atoms with Gasteiger partial charge in [-0.3, -0.25) is 0 Å². The van der Waals surface area contributed by atoms with E-state index in [1.165, 1.54) is 0 Å². The average molecular weight is 265 g/mol. The molecule has 0 unspecified atom stereocenters. The summed E-state index contributed by atoms with van der Waals surface area (Å²) in [5, 5.41) is 4.03. The standard InChI is InChI=1S/C16H15N3O/c1-11-7-5-6-10-13(11)15-18-16(20-19-15)14(17)12-8-3-2-4-9-12/h2-10,14H,17H2,1H3/t14-/m1/s1. The van der Waals surface area contributed by atoms with E-state index in [0.717, 1.165) is 16.7 Å². The van der Waals surface area contributed by atoms with Gasteiger partial charge < -0.3 is 10.3 Å². The van der Waals surface area contributed by atoms with E-state index in [-0.39, 0.29) is 0 Å². The van der Waals surface area contributed by atoms with E-state index >= 15 is 0 Å². The van der Waals surface area contributed by atoms with Gasteiger partial charge in [-0.25, -0.2) is 0 Å². The first-order valence-electron chi connectivity index (χ1n) is 6.46. The van der Waals surface area contributed by atoms with Crippen LogP contribution in [-0.4, -0.2) is 10.1 Å². The second-order valence-electron chi connectivity index (χ2n) is 4.66. The molecule has 4 heteroatoms. The highest BCUT2D eigenvalue weighted by Gasteiger charge is 2.17. The minimum atomic E-state index is -0.401. The summed E-state index contributed by atoms with van der Waals surface area (Å²) in [6, 6.07) is 17.2. The highest BCUT2D eigenvalue weighted by atomic mass is 16.5. The van der Waals surface area contributed by atoms with Crippen molar-refractivity contribution in [3.05, 3.63) is 71.6 Å². The predicted molar refractivity (Wildman–Crippen MR) is 76.9 cm³/mol. The summed E-state index contributed by atoms with van der Waals surface area (Å²) in [6.07, 6.45) is 0. The van der Waals surface area contributed by atoms with Crippen LogP contribution in [0.1, 0.15) is 23.1 Å². The normalized spacial score (nSPS) is 12.3. The van der Waals surface area contributed by atoms with Gasteiger partial charge in [0, 0.05) is 5.56 Å². The van der Waals surface area contributed by atoms with Gasteiger partial charge in [0.15, 0.2) is 0 Å². The molecule has 0 fully saturated rings. The Kier molecular flexibility index (Phi) is 3.31. The van der Waals surface area contributed by atoms with Gasteiger partial charge in [0.2, 0.25) is 11.7 Å². The number of rotatable bonds is 3. The molecule has 0 radical (unpaired) electrons. The molecule has 1 atom stereocenters. The first kappa shape index (κ1) is 12.6. The molecule has 100 valence electrons. The van der Waals surface area contributed by atoms with Gasteiger partial charge in [-0.05, 0) is 18.1 Å². The summed E-state index contributed by atoms with van der Waals surface area (Å²) < 4.78 is 5.30. The summed E-state index contributed by atoms with van der Waals surface area (Å²) in [5.74, 6) is 0.999. The second-order valence-corrected chi connectivity index (χ2v) is 4.66. The van der Waals surface area contributed by atoms with E-state index in [4.69, 9.17) is 10.3 Å². The van der Waals surface area contributed by atoms with Crippen molar-refractivity contribution >= 4 is 0 Å². The Labute approximate surface area is 117 Å². The summed E-state index contributed by atoms with van der Waals surface area (Å²) in [7, 11) is 0. The Morgan fingerprint density at radius 2 is 1.70 bits per heavy atom. The molecule has 3 aromatic rings. The van der Waals surface area contributed by atoms with Crippen LogP contribution in [0, 0.1) is 6.92 Å². The van der Waals surface area contributed by atoms with Crippen molar-refractivity contribution in [2.24, 2.45) is 5.73 Å². The molecule has 0 saturated carbocycles. The number of benzene rings is 2. The highest BCUT2D eigenvalue weighted by Crippen LogP contribution is 2.23. The van der Waals surface area contributed by atoms with Crippen molar-refractivity contribution in [2.75, 3.05) is 0 Å². The first-order valence-corrected chi connectivity index (χ1v) is 6.46. The Hall–Kier alpha value is -2.46. The molecule has 4 nitrogen and oxygen atoms in total. The van der Waals surface area contributed by atoms with Crippen LogP contribution in [0.3, 0.4) is 0 Å². The van der Waals surface area contributed by atoms with Crippen LogP contribution in [0.15, 0.2) is 59.1 Å². The zero-order valence-corrected chi connectivity index (χ0v) is 11.2. The maximum Gasteiger partial charge on any atom is 0.248 e. The van der Waals surface area contributed by atoms with Gasteiger partial charge in [-0.2, -0.15) is 4.98 Å². The Morgan fingerprint density at radius 3 is 2.45 bits per heavy atom. The molecule has 20 heavy (non-hydrogen) atoms. The predicted octanol–water partition coefficient (Wildman–Crippen LogP) is 3.09. The number of nitrogens with two attached hydrogens (primary N) is 1. The molecule has 0 aliphatic rings. The zero-order valence-electron chi connectivity index (χ0n) is 11.2. The molecule has 0 amide bonds. The largest absolute Gasteiger partial charge is 0.337 e. The molecule has 0 bridgehead atoms. The molecule has 0 saturated heterocycles. The van der Waals surface area contributed by atoms with Crippen LogP contribution in [0.5, 0.6) is 0 Å². The van der Waals surface area contributed by atoms with Crippen LogP contribution in [0.2, 0.25) is 0 Å². The highest BCUT2D eigenvalue weighted by molar-refractivity contribution is 5.59. The molecule has 0 aliphatic carbocycles. The third-order valence-corrected chi connectivity index (χ3v) is 3.25. The minimum Gasteiger partial charge on any atom is -0.337 e. The molecule has 1 heterocycles. The van der Waals surface area contributed by atoms with Gasteiger partial charge in [0.25, 0.3) is 0 Å². The van der Waals surface area contributed by atoms with Gasteiger partial charge in [0.05, 0.1) is 0 Å². The monoisotopic (exact) mass is 265 g/mol. The molecule has 2 N–H and O–H groups in total. The maximum atomic E-state index is 6.15. The maximum absolute atomic E-state index is 6.15. The quantitative estimate of drug-likeness (QED) is 0.790. The molecule has 0 aliphatic heterocycles. The fraction of sp³-hybridized carbons (Fsp3) is 0.125. The first-order chi connectivity index (χ1) is 9.75. The molecule has 0 spiro atoms. The van der Waals surface area contributed by atoms with Crippen molar-refractivity contribution in [3.8, 4) is 11.4 Å². The fourth-order valence-electron chi connectivity index (χ4n) is 2.10. The minimum absolute atomic E-state index is 0.401. The number of aromatic nitrogens is 2. The summed E-state index contributed by atoms with van der Waals surface area (Å²) in [5.41, 5.74) is 9.17. The van der Waals surface area contributed by atoms with Crippen LogP contribution in [0.4, 0.5) is 0 Å². The van der Waals surface area contributed by atoms with Gasteiger partial charge in [0.1, 0.15) is 6.04 Å². The summed E-state index contributed by atoms with van der Waals surface area (Å²) in [4.78, 5) is 4.41. The van der Waals surface area contributed by atoms with Gasteiger partial charge in [-0.15, -0.1) is 0 Å². The van der Waals surface area contributed by atoms with E-state index < -0.39 is 6.04 Å². The Balaban J connectivity index is 1.93. The van der Waals surface area contributed by atoms with Crippen molar-refractivity contribution in [3.63, 3.8) is 0 Å². The van der Waals surface area contributed by atoms with Gasteiger partial charge >= 0.3 is 0 Å². The average Bonchev–Trinajstić information content (AvgIpc) is 2.97. The lowest BCUT2D eigenvalue weighted by molar-refractivity contribution is 0.367. The molecule has 3 rings (SSSR count). The van der Waals surface area contributed by atoms with Crippen LogP contribution in [0.25, 0.3) is 11.4 Å².